The summed E-state index contributed by atoms with van der Waals surface area (Å²) in [6.07, 6.45) is 4.42. The normalized spacial score (nSPS) is 13.0. The van der Waals surface area contributed by atoms with E-state index < -0.39 is 12.1 Å². The van der Waals surface area contributed by atoms with Crippen molar-refractivity contribution in [1.29, 1.82) is 0 Å². The molecule has 2 amide bonds. The van der Waals surface area contributed by atoms with Crippen molar-refractivity contribution in [3.63, 3.8) is 0 Å². The highest BCUT2D eigenvalue weighted by Crippen LogP contribution is 2.44. The fourth-order valence-electron chi connectivity index (χ4n) is 4.44. The van der Waals surface area contributed by atoms with E-state index in [4.69, 9.17) is 9.84 Å². The third kappa shape index (κ3) is 7.33. The first-order valence-electron chi connectivity index (χ1n) is 12.1. The van der Waals surface area contributed by atoms with E-state index in [1.807, 2.05) is 24.3 Å². The Morgan fingerprint density at radius 3 is 2.15 bits per heavy atom. The summed E-state index contributed by atoms with van der Waals surface area (Å²) in [7, 11) is 0. The van der Waals surface area contributed by atoms with Gasteiger partial charge in [-0.05, 0) is 42.0 Å². The van der Waals surface area contributed by atoms with Gasteiger partial charge in [-0.1, -0.05) is 67.8 Å². The molecule has 1 aliphatic carbocycles. The van der Waals surface area contributed by atoms with E-state index in [-0.39, 0.29) is 24.3 Å². The Bertz CT molecular complexity index is 945. The van der Waals surface area contributed by atoms with E-state index >= 15 is 0 Å². The molecule has 0 heterocycles. The van der Waals surface area contributed by atoms with E-state index in [0.29, 0.717) is 19.6 Å². The monoisotopic (exact) mass is 466 g/mol. The average Bonchev–Trinajstić information content (AvgIpc) is 3.12. The van der Waals surface area contributed by atoms with Crippen LogP contribution >= 0.6 is 0 Å². The molecule has 1 atom stereocenters. The van der Waals surface area contributed by atoms with Crippen LogP contribution < -0.4 is 10.6 Å². The predicted molar refractivity (Wildman–Crippen MR) is 131 cm³/mol. The minimum Gasteiger partial charge on any atom is -0.481 e. The molecule has 0 radical (unpaired) electrons. The number of alkyl carbamates (subject to hydrolysis) is 1. The molecule has 0 aliphatic heterocycles. The molecule has 3 N–H and O–H groups in total. The third-order valence-corrected chi connectivity index (χ3v) is 6.08. The molecule has 0 spiro atoms. The average molecular weight is 467 g/mol. The molecule has 182 valence electrons. The second-order valence-corrected chi connectivity index (χ2v) is 8.84. The van der Waals surface area contributed by atoms with Gasteiger partial charge in [0, 0.05) is 24.9 Å². The summed E-state index contributed by atoms with van der Waals surface area (Å²) in [6, 6.07) is 16.2. The van der Waals surface area contributed by atoms with Crippen molar-refractivity contribution in [3.8, 4) is 11.1 Å². The molecule has 2 aromatic rings. The molecule has 0 fully saturated rings. The molecule has 0 aromatic heterocycles. The number of benzene rings is 2. The van der Waals surface area contributed by atoms with Crippen molar-refractivity contribution in [2.45, 2.75) is 63.8 Å². The Kier molecular flexibility index (Phi) is 9.50. The van der Waals surface area contributed by atoms with Gasteiger partial charge < -0.3 is 20.5 Å². The number of carboxylic acid groups (broad SMARTS) is 1. The zero-order valence-electron chi connectivity index (χ0n) is 19.7. The lowest BCUT2D eigenvalue weighted by molar-refractivity contribution is -0.137. The van der Waals surface area contributed by atoms with Crippen LogP contribution in [0.1, 0.15) is 68.9 Å². The second-order valence-electron chi connectivity index (χ2n) is 8.84. The third-order valence-electron chi connectivity index (χ3n) is 6.08. The van der Waals surface area contributed by atoms with Crippen LogP contribution in [0, 0.1) is 0 Å². The van der Waals surface area contributed by atoms with Crippen molar-refractivity contribution < 1.29 is 24.2 Å². The highest BCUT2D eigenvalue weighted by atomic mass is 16.5. The number of carbonyl (C=O) groups is 3. The highest BCUT2D eigenvalue weighted by Gasteiger charge is 2.28. The van der Waals surface area contributed by atoms with Gasteiger partial charge in [0.15, 0.2) is 0 Å². The van der Waals surface area contributed by atoms with Gasteiger partial charge in [0.05, 0.1) is 6.42 Å². The lowest BCUT2D eigenvalue weighted by Gasteiger charge is -2.14. The standard InChI is InChI=1S/C27H34N2O5/c1-19(17-26(31)32)29-25(30)15-5-3-2-4-10-16-28-27(33)34-18-24-22-13-8-6-11-20(22)21-12-7-9-14-23(21)24/h6-9,11-14,19,24H,2-5,10,15-18H2,1H3,(H,28,33)(H,29,30)(H,31,32)/t19-/m1/s1. The van der Waals surface area contributed by atoms with Gasteiger partial charge in [0.25, 0.3) is 0 Å². The number of hydrogen-bond acceptors (Lipinski definition) is 4. The lowest BCUT2D eigenvalue weighted by Crippen LogP contribution is -2.33. The van der Waals surface area contributed by atoms with E-state index in [1.54, 1.807) is 6.92 Å². The summed E-state index contributed by atoms with van der Waals surface area (Å²) >= 11 is 0. The van der Waals surface area contributed by atoms with Gasteiger partial charge in [-0.3, -0.25) is 9.59 Å². The molecule has 0 saturated heterocycles. The van der Waals surface area contributed by atoms with Crippen LogP contribution in [0.25, 0.3) is 11.1 Å². The Hall–Kier alpha value is -3.35. The summed E-state index contributed by atoms with van der Waals surface area (Å²) in [5.74, 6) is -0.965. The molecule has 2 aromatic carbocycles. The number of aliphatic carboxylic acids is 1. The van der Waals surface area contributed by atoms with Crippen LogP contribution in [0.2, 0.25) is 0 Å². The molecular weight excluding hydrogens is 432 g/mol. The number of ether oxygens (including phenoxy) is 1. The Morgan fingerprint density at radius 1 is 0.912 bits per heavy atom. The van der Waals surface area contributed by atoms with Gasteiger partial charge in [0.2, 0.25) is 5.91 Å². The topological polar surface area (TPSA) is 105 Å². The Labute approximate surface area is 200 Å². The number of carboxylic acids is 1. The number of rotatable bonds is 13. The van der Waals surface area contributed by atoms with E-state index in [1.165, 1.54) is 22.3 Å². The summed E-state index contributed by atoms with van der Waals surface area (Å²) in [4.78, 5) is 34.6. The zero-order valence-corrected chi connectivity index (χ0v) is 19.7. The Balaban J connectivity index is 1.26. The molecule has 0 bridgehead atoms. The van der Waals surface area contributed by atoms with Crippen molar-refractivity contribution >= 4 is 18.0 Å². The SMILES string of the molecule is C[C@H](CC(=O)O)NC(=O)CCCCCCCNC(=O)OCC1c2ccccc2-c2ccccc21. The highest BCUT2D eigenvalue weighted by molar-refractivity contribution is 5.79. The molecule has 34 heavy (non-hydrogen) atoms. The quantitative estimate of drug-likeness (QED) is 0.366. The molecule has 3 rings (SSSR count). The van der Waals surface area contributed by atoms with Gasteiger partial charge in [-0.15, -0.1) is 0 Å². The maximum atomic E-state index is 12.2. The summed E-state index contributed by atoms with van der Waals surface area (Å²) in [6.45, 7) is 2.56. The largest absolute Gasteiger partial charge is 0.481 e. The number of hydrogen-bond donors (Lipinski definition) is 3. The minimum absolute atomic E-state index is 0.0578. The van der Waals surface area contributed by atoms with Gasteiger partial charge in [-0.25, -0.2) is 4.79 Å². The number of fused-ring (bicyclic) bond motifs is 3. The van der Waals surface area contributed by atoms with Crippen LogP contribution in [0.3, 0.4) is 0 Å². The van der Waals surface area contributed by atoms with E-state index in [0.717, 1.165) is 32.1 Å². The molecule has 7 heteroatoms. The number of carbonyl (C=O) groups excluding carboxylic acids is 2. The van der Waals surface area contributed by atoms with Gasteiger partial charge in [0.1, 0.15) is 6.61 Å². The van der Waals surface area contributed by atoms with Gasteiger partial charge >= 0.3 is 12.1 Å². The fraction of sp³-hybridized carbons (Fsp3) is 0.444. The maximum absolute atomic E-state index is 12.2. The molecule has 0 unspecified atom stereocenters. The van der Waals surface area contributed by atoms with E-state index in [9.17, 15) is 14.4 Å². The molecule has 1 aliphatic rings. The molecule has 0 saturated carbocycles. The van der Waals surface area contributed by atoms with Crippen LogP contribution in [0.15, 0.2) is 48.5 Å². The summed E-state index contributed by atoms with van der Waals surface area (Å²) in [5, 5.41) is 14.2. The van der Waals surface area contributed by atoms with E-state index in [2.05, 4.69) is 34.9 Å². The van der Waals surface area contributed by atoms with Crippen molar-refractivity contribution in [3.05, 3.63) is 59.7 Å². The first-order chi connectivity index (χ1) is 16.5. The second kappa shape index (κ2) is 12.8. The van der Waals surface area contributed by atoms with Crippen molar-refractivity contribution in [2.75, 3.05) is 13.2 Å². The summed E-state index contributed by atoms with van der Waals surface area (Å²) < 4.78 is 5.54. The predicted octanol–water partition coefficient (Wildman–Crippen LogP) is 4.85. The van der Waals surface area contributed by atoms with Crippen molar-refractivity contribution in [2.24, 2.45) is 0 Å². The van der Waals surface area contributed by atoms with Crippen LogP contribution in [-0.2, 0) is 14.3 Å². The van der Waals surface area contributed by atoms with Gasteiger partial charge in [-0.2, -0.15) is 0 Å². The fourth-order valence-corrected chi connectivity index (χ4v) is 4.44. The van der Waals surface area contributed by atoms with Crippen LogP contribution in [0.5, 0.6) is 0 Å². The number of unbranched alkanes of at least 4 members (excludes halogenated alkanes) is 4. The number of amides is 2. The molecular formula is C27H34N2O5. The smallest absolute Gasteiger partial charge is 0.407 e. The summed E-state index contributed by atoms with van der Waals surface area (Å²) in [5.41, 5.74) is 4.81. The lowest BCUT2D eigenvalue weighted by atomic mass is 9.98. The minimum atomic E-state index is -0.917. The molecule has 7 nitrogen and oxygen atoms in total. The maximum Gasteiger partial charge on any atom is 0.407 e. The first kappa shape index (κ1) is 25.3. The zero-order chi connectivity index (χ0) is 24.3. The Morgan fingerprint density at radius 2 is 1.50 bits per heavy atom. The van der Waals surface area contributed by atoms with Crippen molar-refractivity contribution in [1.82, 2.24) is 10.6 Å². The van der Waals surface area contributed by atoms with Crippen LogP contribution in [0.4, 0.5) is 4.79 Å². The first-order valence-corrected chi connectivity index (χ1v) is 12.1. The number of nitrogens with one attached hydrogen (secondary N) is 2. The van der Waals surface area contributed by atoms with Crippen LogP contribution in [-0.4, -0.2) is 42.3 Å².